The maximum absolute atomic E-state index is 12.1. The molecular formula is C14H16Cl2N2O3. The second-order valence-electron chi connectivity index (χ2n) is 4.97. The zero-order valence-corrected chi connectivity index (χ0v) is 12.8. The Kier molecular flexibility index (Phi) is 5.45. The lowest BCUT2D eigenvalue weighted by molar-refractivity contribution is -0.145. The SMILES string of the molecule is O=C(CN1CCCCC1C(=O)O)Nc1c(Cl)cccc1Cl. The maximum atomic E-state index is 12.1. The van der Waals surface area contributed by atoms with Crippen LogP contribution < -0.4 is 5.32 Å². The summed E-state index contributed by atoms with van der Waals surface area (Å²) in [6.45, 7) is 0.610. The van der Waals surface area contributed by atoms with Gasteiger partial charge in [0.2, 0.25) is 5.91 Å². The minimum Gasteiger partial charge on any atom is -0.480 e. The number of benzene rings is 1. The molecule has 1 heterocycles. The van der Waals surface area contributed by atoms with Crippen molar-refractivity contribution in [1.82, 2.24) is 4.90 Å². The van der Waals surface area contributed by atoms with Crippen LogP contribution in [0.15, 0.2) is 18.2 Å². The molecule has 1 aliphatic rings. The second-order valence-corrected chi connectivity index (χ2v) is 5.78. The normalized spacial score (nSPS) is 19.2. The first-order valence-electron chi connectivity index (χ1n) is 6.69. The summed E-state index contributed by atoms with van der Waals surface area (Å²) >= 11 is 12.0. The zero-order chi connectivity index (χ0) is 15.4. The highest BCUT2D eigenvalue weighted by atomic mass is 35.5. The lowest BCUT2D eigenvalue weighted by Crippen LogP contribution is -2.47. The third-order valence-corrected chi connectivity index (χ3v) is 4.10. The van der Waals surface area contributed by atoms with Crippen LogP contribution in [0.5, 0.6) is 0 Å². The summed E-state index contributed by atoms with van der Waals surface area (Å²) in [7, 11) is 0. The highest BCUT2D eigenvalue weighted by Crippen LogP contribution is 2.29. The molecule has 1 aliphatic heterocycles. The number of nitrogens with one attached hydrogen (secondary N) is 1. The largest absolute Gasteiger partial charge is 0.480 e. The standard InChI is InChI=1S/C14H16Cl2N2O3/c15-9-4-3-5-10(16)13(9)17-12(19)8-18-7-2-1-6-11(18)14(20)21/h3-5,11H,1-2,6-8H2,(H,17,19)(H,20,21). The van der Waals surface area contributed by atoms with Gasteiger partial charge in [-0.1, -0.05) is 35.7 Å². The van der Waals surface area contributed by atoms with Crippen molar-refractivity contribution in [3.05, 3.63) is 28.2 Å². The smallest absolute Gasteiger partial charge is 0.320 e. The predicted molar refractivity (Wildman–Crippen MR) is 81.9 cm³/mol. The number of rotatable bonds is 4. The van der Waals surface area contributed by atoms with E-state index in [1.54, 1.807) is 23.1 Å². The molecule has 1 aromatic rings. The third kappa shape index (κ3) is 4.09. The molecule has 1 saturated heterocycles. The summed E-state index contributed by atoms with van der Waals surface area (Å²) in [5.41, 5.74) is 0.356. The van der Waals surface area contributed by atoms with Crippen molar-refractivity contribution >= 4 is 40.8 Å². The minimum atomic E-state index is -0.890. The number of halogens is 2. The molecule has 1 amide bonds. The molecule has 0 radical (unpaired) electrons. The van der Waals surface area contributed by atoms with E-state index in [1.165, 1.54) is 0 Å². The molecule has 1 unspecified atom stereocenters. The van der Waals surface area contributed by atoms with Crippen molar-refractivity contribution in [3.63, 3.8) is 0 Å². The van der Waals surface area contributed by atoms with Gasteiger partial charge in [0, 0.05) is 0 Å². The topological polar surface area (TPSA) is 69.6 Å². The van der Waals surface area contributed by atoms with Crippen LogP contribution >= 0.6 is 23.2 Å². The Hall–Kier alpha value is -1.30. The van der Waals surface area contributed by atoms with Crippen LogP contribution in [0, 0.1) is 0 Å². The lowest BCUT2D eigenvalue weighted by atomic mass is 10.0. The highest BCUT2D eigenvalue weighted by molar-refractivity contribution is 6.39. The van der Waals surface area contributed by atoms with Crippen molar-refractivity contribution in [2.24, 2.45) is 0 Å². The molecule has 2 rings (SSSR count). The number of aliphatic carboxylic acids is 1. The number of carbonyl (C=O) groups excluding carboxylic acids is 1. The van der Waals surface area contributed by atoms with Gasteiger partial charge in [-0.05, 0) is 31.5 Å². The van der Waals surface area contributed by atoms with Gasteiger partial charge in [0.05, 0.1) is 22.3 Å². The Morgan fingerprint density at radius 2 is 1.95 bits per heavy atom. The van der Waals surface area contributed by atoms with Gasteiger partial charge < -0.3 is 10.4 Å². The molecule has 5 nitrogen and oxygen atoms in total. The molecule has 2 N–H and O–H groups in total. The van der Waals surface area contributed by atoms with Crippen LogP contribution in [0.4, 0.5) is 5.69 Å². The van der Waals surface area contributed by atoms with E-state index in [0.29, 0.717) is 28.7 Å². The molecular weight excluding hydrogens is 315 g/mol. The van der Waals surface area contributed by atoms with Crippen molar-refractivity contribution in [2.45, 2.75) is 25.3 Å². The number of carboxylic acid groups (broad SMARTS) is 1. The first-order valence-corrected chi connectivity index (χ1v) is 7.45. The number of amides is 1. The van der Waals surface area contributed by atoms with Crippen molar-refractivity contribution in [1.29, 1.82) is 0 Å². The van der Waals surface area contributed by atoms with Crippen LogP contribution in [0.3, 0.4) is 0 Å². The first-order chi connectivity index (χ1) is 9.99. The Labute approximate surface area is 132 Å². The fraction of sp³-hybridized carbons (Fsp3) is 0.429. The number of carbonyl (C=O) groups is 2. The third-order valence-electron chi connectivity index (χ3n) is 3.47. The van der Waals surface area contributed by atoms with Crippen LogP contribution in [-0.2, 0) is 9.59 Å². The second kappa shape index (κ2) is 7.11. The molecule has 0 saturated carbocycles. The van der Waals surface area contributed by atoms with E-state index < -0.39 is 12.0 Å². The number of hydrogen-bond acceptors (Lipinski definition) is 3. The summed E-state index contributed by atoms with van der Waals surface area (Å²) in [6, 6.07) is 4.34. The summed E-state index contributed by atoms with van der Waals surface area (Å²) in [5.74, 6) is -1.21. The first kappa shape index (κ1) is 16.1. The Morgan fingerprint density at radius 1 is 1.29 bits per heavy atom. The van der Waals surface area contributed by atoms with E-state index >= 15 is 0 Å². The number of nitrogens with zero attached hydrogens (tertiary/aromatic N) is 1. The van der Waals surface area contributed by atoms with Gasteiger partial charge in [0.1, 0.15) is 6.04 Å². The summed E-state index contributed by atoms with van der Waals surface area (Å²) in [4.78, 5) is 25.0. The van der Waals surface area contributed by atoms with Crippen molar-refractivity contribution in [2.75, 3.05) is 18.4 Å². The molecule has 1 aromatic carbocycles. The zero-order valence-electron chi connectivity index (χ0n) is 11.3. The molecule has 114 valence electrons. The molecule has 0 bridgehead atoms. The van der Waals surface area contributed by atoms with Gasteiger partial charge in [0.15, 0.2) is 0 Å². The average molecular weight is 331 g/mol. The van der Waals surface area contributed by atoms with E-state index in [1.807, 2.05) is 0 Å². The van der Waals surface area contributed by atoms with Gasteiger partial charge in [-0.3, -0.25) is 14.5 Å². The summed E-state index contributed by atoms with van der Waals surface area (Å²) in [6.07, 6.45) is 2.32. The summed E-state index contributed by atoms with van der Waals surface area (Å²) < 4.78 is 0. The fourth-order valence-corrected chi connectivity index (χ4v) is 2.93. The predicted octanol–water partition coefficient (Wildman–Crippen LogP) is 2.87. The van der Waals surface area contributed by atoms with Crippen LogP contribution in [0.1, 0.15) is 19.3 Å². The Morgan fingerprint density at radius 3 is 2.57 bits per heavy atom. The van der Waals surface area contributed by atoms with E-state index in [0.717, 1.165) is 12.8 Å². The molecule has 0 aliphatic carbocycles. The Balaban J connectivity index is 2.02. The van der Waals surface area contributed by atoms with Crippen LogP contribution in [-0.4, -0.2) is 41.0 Å². The van der Waals surface area contributed by atoms with Crippen LogP contribution in [0.25, 0.3) is 0 Å². The van der Waals surface area contributed by atoms with Gasteiger partial charge in [-0.2, -0.15) is 0 Å². The van der Waals surface area contributed by atoms with E-state index in [2.05, 4.69) is 5.32 Å². The molecule has 21 heavy (non-hydrogen) atoms. The average Bonchev–Trinajstić information content (AvgIpc) is 2.43. The summed E-state index contributed by atoms with van der Waals surface area (Å²) in [5, 5.41) is 12.5. The monoisotopic (exact) mass is 330 g/mol. The van der Waals surface area contributed by atoms with Crippen LogP contribution in [0.2, 0.25) is 10.0 Å². The molecule has 1 atom stereocenters. The molecule has 0 aromatic heterocycles. The van der Waals surface area contributed by atoms with E-state index in [9.17, 15) is 14.7 Å². The van der Waals surface area contributed by atoms with Crippen molar-refractivity contribution in [3.8, 4) is 0 Å². The molecule has 7 heteroatoms. The van der Waals surface area contributed by atoms with Gasteiger partial charge in [-0.15, -0.1) is 0 Å². The number of para-hydroxylation sites is 1. The molecule has 1 fully saturated rings. The highest BCUT2D eigenvalue weighted by Gasteiger charge is 2.29. The quantitative estimate of drug-likeness (QED) is 0.890. The number of anilines is 1. The number of carboxylic acids is 1. The maximum Gasteiger partial charge on any atom is 0.320 e. The van der Waals surface area contributed by atoms with Gasteiger partial charge in [0.25, 0.3) is 0 Å². The number of likely N-dealkylation sites (tertiary alicyclic amines) is 1. The van der Waals surface area contributed by atoms with Gasteiger partial charge >= 0.3 is 5.97 Å². The minimum absolute atomic E-state index is 0.0124. The van der Waals surface area contributed by atoms with E-state index in [-0.39, 0.29) is 12.5 Å². The fourth-order valence-electron chi connectivity index (χ4n) is 2.44. The van der Waals surface area contributed by atoms with Crippen molar-refractivity contribution < 1.29 is 14.7 Å². The molecule has 0 spiro atoms. The van der Waals surface area contributed by atoms with E-state index in [4.69, 9.17) is 23.2 Å². The lowest BCUT2D eigenvalue weighted by Gasteiger charge is -2.32. The number of piperidine rings is 1. The Bertz CT molecular complexity index is 531. The van der Waals surface area contributed by atoms with Gasteiger partial charge in [-0.25, -0.2) is 0 Å². The number of hydrogen-bond donors (Lipinski definition) is 2.